The van der Waals surface area contributed by atoms with E-state index in [1.807, 2.05) is 18.2 Å². The van der Waals surface area contributed by atoms with Crippen molar-refractivity contribution in [1.29, 1.82) is 0 Å². The van der Waals surface area contributed by atoms with Crippen molar-refractivity contribution >= 4 is 5.91 Å². The minimum absolute atomic E-state index is 0.0303. The number of aliphatic hydroxyl groups is 1. The molecule has 0 aliphatic rings. The first-order chi connectivity index (χ1) is 9.18. The molecule has 0 saturated heterocycles. The monoisotopic (exact) mass is 258 g/mol. The average molecular weight is 258 g/mol. The fourth-order valence-electron chi connectivity index (χ4n) is 1.67. The van der Waals surface area contributed by atoms with Crippen LogP contribution in [0.2, 0.25) is 0 Å². The molecule has 1 unspecified atom stereocenters. The van der Waals surface area contributed by atoms with Crippen molar-refractivity contribution in [2.75, 3.05) is 6.54 Å². The lowest BCUT2D eigenvalue weighted by Gasteiger charge is -2.11. The zero-order chi connectivity index (χ0) is 13.7. The molecule has 1 aromatic heterocycles. The Labute approximate surface area is 109 Å². The highest BCUT2D eigenvalue weighted by Gasteiger charge is 2.12. The molecule has 5 nitrogen and oxygen atoms in total. The molecule has 1 amide bonds. The van der Waals surface area contributed by atoms with Crippen molar-refractivity contribution in [3.05, 3.63) is 70.1 Å². The first-order valence-corrected chi connectivity index (χ1v) is 5.87. The van der Waals surface area contributed by atoms with Gasteiger partial charge in [0, 0.05) is 25.0 Å². The predicted molar refractivity (Wildman–Crippen MR) is 70.8 cm³/mol. The number of aliphatic hydroxyl groups excluding tert-OH is 1. The second-order valence-corrected chi connectivity index (χ2v) is 4.06. The van der Waals surface area contributed by atoms with E-state index in [2.05, 4.69) is 10.3 Å². The number of carbonyl (C=O) groups excluding carboxylic acids is 1. The summed E-state index contributed by atoms with van der Waals surface area (Å²) in [5.74, 6) is -0.503. The minimum atomic E-state index is -0.798. The van der Waals surface area contributed by atoms with E-state index >= 15 is 0 Å². The highest BCUT2D eigenvalue weighted by molar-refractivity contribution is 5.93. The van der Waals surface area contributed by atoms with E-state index in [1.54, 1.807) is 12.1 Å². The third-order valence-electron chi connectivity index (χ3n) is 2.71. The fraction of sp³-hybridized carbons (Fsp3) is 0.143. The summed E-state index contributed by atoms with van der Waals surface area (Å²) in [6.45, 7) is 0.0528. The molecule has 0 fully saturated rings. The standard InChI is InChI=1S/C14H14N2O3/c17-12-6-7-15-8-11(12)14(19)16-9-13(18)10-4-2-1-3-5-10/h1-8,13,18H,9H2,(H,15,17)(H,16,19). The summed E-state index contributed by atoms with van der Waals surface area (Å²) in [7, 11) is 0. The quantitative estimate of drug-likeness (QED) is 0.760. The van der Waals surface area contributed by atoms with Gasteiger partial charge in [-0.1, -0.05) is 30.3 Å². The largest absolute Gasteiger partial charge is 0.387 e. The maximum Gasteiger partial charge on any atom is 0.256 e. The van der Waals surface area contributed by atoms with Gasteiger partial charge in [-0.25, -0.2) is 0 Å². The summed E-state index contributed by atoms with van der Waals surface area (Å²) in [5, 5.41) is 12.4. The predicted octanol–water partition coefficient (Wildman–Crippen LogP) is 0.838. The molecule has 2 aromatic rings. The summed E-state index contributed by atoms with van der Waals surface area (Å²) in [6, 6.07) is 10.3. The van der Waals surface area contributed by atoms with Gasteiger partial charge in [0.25, 0.3) is 5.91 Å². The van der Waals surface area contributed by atoms with Crippen LogP contribution in [-0.4, -0.2) is 22.5 Å². The van der Waals surface area contributed by atoms with E-state index in [-0.39, 0.29) is 17.5 Å². The van der Waals surface area contributed by atoms with Crippen LogP contribution in [0.4, 0.5) is 0 Å². The third kappa shape index (κ3) is 3.29. The molecule has 0 radical (unpaired) electrons. The van der Waals surface area contributed by atoms with Gasteiger partial charge in [0.1, 0.15) is 5.56 Å². The zero-order valence-corrected chi connectivity index (χ0v) is 10.2. The number of benzene rings is 1. The number of nitrogens with one attached hydrogen (secondary N) is 2. The topological polar surface area (TPSA) is 82.2 Å². The summed E-state index contributed by atoms with van der Waals surface area (Å²) in [5.41, 5.74) is 0.387. The van der Waals surface area contributed by atoms with Gasteiger partial charge in [0.15, 0.2) is 5.43 Å². The first kappa shape index (κ1) is 13.0. The molecular weight excluding hydrogens is 244 g/mol. The van der Waals surface area contributed by atoms with E-state index in [0.717, 1.165) is 0 Å². The molecule has 1 heterocycles. The lowest BCUT2D eigenvalue weighted by Crippen LogP contribution is -2.31. The van der Waals surface area contributed by atoms with Gasteiger partial charge >= 0.3 is 0 Å². The Morgan fingerprint density at radius 1 is 1.26 bits per heavy atom. The Kier molecular flexibility index (Phi) is 4.10. The van der Waals surface area contributed by atoms with E-state index in [9.17, 15) is 14.7 Å². The number of amides is 1. The second-order valence-electron chi connectivity index (χ2n) is 4.06. The minimum Gasteiger partial charge on any atom is -0.387 e. The van der Waals surface area contributed by atoms with Crippen LogP contribution < -0.4 is 10.7 Å². The molecule has 2 rings (SSSR count). The maximum atomic E-state index is 11.8. The summed E-state index contributed by atoms with van der Waals surface area (Å²) >= 11 is 0. The van der Waals surface area contributed by atoms with Crippen molar-refractivity contribution in [1.82, 2.24) is 10.3 Å². The Hall–Kier alpha value is -2.40. The summed E-state index contributed by atoms with van der Waals surface area (Å²) in [4.78, 5) is 25.9. The Balaban J connectivity index is 1.98. The molecule has 3 N–H and O–H groups in total. The van der Waals surface area contributed by atoms with E-state index in [1.165, 1.54) is 18.5 Å². The molecule has 5 heteroatoms. The van der Waals surface area contributed by atoms with Crippen molar-refractivity contribution in [2.24, 2.45) is 0 Å². The van der Waals surface area contributed by atoms with Gasteiger partial charge in [-0.15, -0.1) is 0 Å². The number of hydrogen-bond donors (Lipinski definition) is 3. The van der Waals surface area contributed by atoms with Crippen molar-refractivity contribution < 1.29 is 9.90 Å². The molecule has 1 aromatic carbocycles. The molecule has 0 aliphatic heterocycles. The molecule has 0 saturated carbocycles. The highest BCUT2D eigenvalue weighted by Crippen LogP contribution is 2.10. The van der Waals surface area contributed by atoms with Crippen molar-refractivity contribution in [2.45, 2.75) is 6.10 Å². The fourth-order valence-corrected chi connectivity index (χ4v) is 1.67. The van der Waals surface area contributed by atoms with Gasteiger partial charge in [-0.2, -0.15) is 0 Å². The highest BCUT2D eigenvalue weighted by atomic mass is 16.3. The smallest absolute Gasteiger partial charge is 0.256 e. The molecule has 19 heavy (non-hydrogen) atoms. The van der Waals surface area contributed by atoms with Gasteiger partial charge in [-0.05, 0) is 5.56 Å². The lowest BCUT2D eigenvalue weighted by atomic mass is 10.1. The number of aromatic nitrogens is 1. The molecule has 0 aliphatic carbocycles. The third-order valence-corrected chi connectivity index (χ3v) is 2.71. The van der Waals surface area contributed by atoms with Crippen LogP contribution in [0.25, 0.3) is 0 Å². The van der Waals surface area contributed by atoms with Crippen LogP contribution in [-0.2, 0) is 0 Å². The number of carbonyl (C=O) groups is 1. The van der Waals surface area contributed by atoms with Crippen LogP contribution in [0.3, 0.4) is 0 Å². The average Bonchev–Trinajstić information content (AvgIpc) is 2.46. The number of H-pyrrole nitrogens is 1. The van der Waals surface area contributed by atoms with E-state index < -0.39 is 12.0 Å². The van der Waals surface area contributed by atoms with E-state index in [4.69, 9.17) is 0 Å². The molecule has 0 spiro atoms. The van der Waals surface area contributed by atoms with Gasteiger partial charge in [0.2, 0.25) is 0 Å². The molecule has 1 atom stereocenters. The Morgan fingerprint density at radius 3 is 2.68 bits per heavy atom. The zero-order valence-electron chi connectivity index (χ0n) is 10.2. The molecular formula is C14H14N2O3. The maximum absolute atomic E-state index is 11.8. The van der Waals surface area contributed by atoms with Crippen LogP contribution in [0.5, 0.6) is 0 Å². The number of rotatable bonds is 4. The van der Waals surface area contributed by atoms with Crippen molar-refractivity contribution in [3.63, 3.8) is 0 Å². The van der Waals surface area contributed by atoms with Crippen LogP contribution in [0.15, 0.2) is 53.6 Å². The van der Waals surface area contributed by atoms with E-state index in [0.29, 0.717) is 5.56 Å². The number of hydrogen-bond acceptors (Lipinski definition) is 3. The number of pyridine rings is 1. The molecule has 0 bridgehead atoms. The van der Waals surface area contributed by atoms with Gasteiger partial charge in [-0.3, -0.25) is 9.59 Å². The molecule has 98 valence electrons. The van der Waals surface area contributed by atoms with Gasteiger partial charge < -0.3 is 15.4 Å². The Bertz CT molecular complexity index is 607. The normalized spacial score (nSPS) is 11.8. The second kappa shape index (κ2) is 5.97. The van der Waals surface area contributed by atoms with Crippen LogP contribution in [0.1, 0.15) is 22.0 Å². The van der Waals surface area contributed by atoms with Crippen LogP contribution in [0, 0.1) is 0 Å². The Morgan fingerprint density at radius 2 is 2.00 bits per heavy atom. The van der Waals surface area contributed by atoms with Gasteiger partial charge in [0.05, 0.1) is 6.10 Å². The lowest BCUT2D eigenvalue weighted by molar-refractivity contribution is 0.0915. The van der Waals surface area contributed by atoms with Crippen molar-refractivity contribution in [3.8, 4) is 0 Å². The first-order valence-electron chi connectivity index (χ1n) is 5.87. The summed E-state index contributed by atoms with van der Waals surface area (Å²) in [6.07, 6.45) is 2.00. The number of aromatic amines is 1. The van der Waals surface area contributed by atoms with Crippen LogP contribution >= 0.6 is 0 Å². The SMILES string of the molecule is O=C(NCC(O)c1ccccc1)c1c[nH]ccc1=O. The summed E-state index contributed by atoms with van der Waals surface area (Å²) < 4.78 is 0.